The van der Waals surface area contributed by atoms with Gasteiger partial charge in [-0.05, 0) is 18.2 Å². The van der Waals surface area contributed by atoms with Crippen molar-refractivity contribution in [3.8, 4) is 5.75 Å². The summed E-state index contributed by atoms with van der Waals surface area (Å²) in [5.74, 6) is -2.38. The number of hydrogen-bond donors (Lipinski definition) is 2. The number of nitrogens with zero attached hydrogens (tertiary/aromatic N) is 1. The maximum Gasteiger partial charge on any atom is 0.263 e. The fourth-order valence-corrected chi connectivity index (χ4v) is 2.35. The van der Waals surface area contributed by atoms with Gasteiger partial charge in [0.25, 0.3) is 10.0 Å². The van der Waals surface area contributed by atoms with Crippen LogP contribution < -0.4 is 4.72 Å². The number of hydrogen-bond acceptors (Lipinski definition) is 4. The lowest BCUT2D eigenvalue weighted by Crippen LogP contribution is -2.13. The molecule has 0 unspecified atom stereocenters. The molecule has 1 aromatic heterocycles. The van der Waals surface area contributed by atoms with Crippen LogP contribution in [-0.4, -0.2) is 18.5 Å². The molecule has 1 aromatic carbocycles. The van der Waals surface area contributed by atoms with Crippen LogP contribution in [-0.2, 0) is 10.0 Å². The van der Waals surface area contributed by atoms with Crippen molar-refractivity contribution in [1.29, 1.82) is 0 Å². The van der Waals surface area contributed by atoms with Crippen molar-refractivity contribution >= 4 is 15.7 Å². The number of phenolic OH excluding ortho intramolecular Hbond substituents is 1. The van der Waals surface area contributed by atoms with Gasteiger partial charge >= 0.3 is 0 Å². The summed E-state index contributed by atoms with van der Waals surface area (Å²) in [6, 6.07) is 3.76. The van der Waals surface area contributed by atoms with Crippen LogP contribution in [0.2, 0.25) is 0 Å². The van der Waals surface area contributed by atoms with Gasteiger partial charge in [-0.25, -0.2) is 17.2 Å². The van der Waals surface area contributed by atoms with Gasteiger partial charge in [0.05, 0.1) is 11.9 Å². The first-order valence-corrected chi connectivity index (χ1v) is 6.49. The smallest absolute Gasteiger partial charge is 0.263 e. The molecule has 2 N–H and O–H groups in total. The van der Waals surface area contributed by atoms with Crippen LogP contribution in [0.15, 0.2) is 41.6 Å². The molecule has 0 amide bonds. The van der Waals surface area contributed by atoms with Gasteiger partial charge in [-0.2, -0.15) is 0 Å². The van der Waals surface area contributed by atoms with Crippen molar-refractivity contribution in [2.75, 3.05) is 4.72 Å². The van der Waals surface area contributed by atoms with Crippen LogP contribution in [0.3, 0.4) is 0 Å². The average Bonchev–Trinajstić information content (AvgIpc) is 2.33. The minimum Gasteiger partial charge on any atom is -0.505 e. The van der Waals surface area contributed by atoms with Crippen molar-refractivity contribution in [3.05, 3.63) is 48.3 Å². The average molecular weight is 286 g/mol. The van der Waals surface area contributed by atoms with Gasteiger partial charge in [0.15, 0.2) is 11.6 Å². The first-order valence-electron chi connectivity index (χ1n) is 5.00. The van der Waals surface area contributed by atoms with Crippen LogP contribution in [0.1, 0.15) is 0 Å². The lowest BCUT2D eigenvalue weighted by Gasteiger charge is -2.08. The quantitative estimate of drug-likeness (QED) is 0.844. The van der Waals surface area contributed by atoms with E-state index >= 15 is 0 Å². The number of rotatable bonds is 3. The molecular weight excluding hydrogens is 278 g/mol. The Kier molecular flexibility index (Phi) is 3.34. The number of halogens is 2. The third-order valence-corrected chi connectivity index (χ3v) is 3.54. The minimum atomic E-state index is -4.07. The first-order chi connectivity index (χ1) is 8.88. The number of phenols is 1. The van der Waals surface area contributed by atoms with Crippen LogP contribution in [0, 0.1) is 11.6 Å². The normalized spacial score (nSPS) is 11.3. The topological polar surface area (TPSA) is 79.3 Å². The highest BCUT2D eigenvalue weighted by Gasteiger charge is 2.16. The summed E-state index contributed by atoms with van der Waals surface area (Å²) in [4.78, 5) is 3.03. The zero-order valence-corrected chi connectivity index (χ0v) is 10.2. The predicted octanol–water partition coefficient (Wildman–Crippen LogP) is 1.87. The molecule has 0 bridgehead atoms. The van der Waals surface area contributed by atoms with Gasteiger partial charge in [0.2, 0.25) is 0 Å². The Balaban J connectivity index is 2.33. The molecule has 0 saturated carbocycles. The van der Waals surface area contributed by atoms with Gasteiger partial charge in [0.1, 0.15) is 10.7 Å². The SMILES string of the molecule is O=S(=O)(Nc1ccc(O)c(F)c1)c1cncc(F)c1. The third kappa shape index (κ3) is 2.97. The summed E-state index contributed by atoms with van der Waals surface area (Å²) in [5.41, 5.74) is -0.0976. The van der Waals surface area contributed by atoms with Crippen molar-refractivity contribution in [3.63, 3.8) is 0 Å². The van der Waals surface area contributed by atoms with E-state index in [9.17, 15) is 17.2 Å². The monoisotopic (exact) mass is 286 g/mol. The Labute approximate surface area is 107 Å². The molecule has 1 heterocycles. The van der Waals surface area contributed by atoms with Gasteiger partial charge in [-0.3, -0.25) is 9.71 Å². The molecule has 2 rings (SSSR count). The molecule has 100 valence electrons. The second-order valence-electron chi connectivity index (χ2n) is 3.61. The van der Waals surface area contributed by atoms with E-state index in [1.807, 2.05) is 4.72 Å². The zero-order chi connectivity index (χ0) is 14.0. The molecule has 0 saturated heterocycles. The Morgan fingerprint density at radius 1 is 1.16 bits per heavy atom. The van der Waals surface area contributed by atoms with E-state index in [4.69, 9.17) is 5.11 Å². The predicted molar refractivity (Wildman–Crippen MR) is 63.1 cm³/mol. The maximum absolute atomic E-state index is 13.1. The lowest BCUT2D eigenvalue weighted by molar-refractivity contribution is 0.432. The fraction of sp³-hybridized carbons (Fsp3) is 0. The molecule has 0 aliphatic rings. The number of aromatic hydroxyl groups is 1. The van der Waals surface area contributed by atoms with Crippen LogP contribution in [0.25, 0.3) is 0 Å². The number of benzene rings is 1. The molecule has 0 radical (unpaired) electrons. The summed E-state index contributed by atoms with van der Waals surface area (Å²) in [5, 5.41) is 8.98. The molecule has 0 aliphatic heterocycles. The number of sulfonamides is 1. The molecule has 8 heteroatoms. The van der Waals surface area contributed by atoms with Crippen molar-refractivity contribution in [2.45, 2.75) is 4.90 Å². The van der Waals surface area contributed by atoms with Crippen molar-refractivity contribution < 1.29 is 22.3 Å². The number of aromatic nitrogens is 1. The highest BCUT2D eigenvalue weighted by atomic mass is 32.2. The van der Waals surface area contributed by atoms with Gasteiger partial charge < -0.3 is 5.11 Å². The van der Waals surface area contributed by atoms with E-state index in [2.05, 4.69) is 4.98 Å². The Hall–Kier alpha value is -2.22. The zero-order valence-electron chi connectivity index (χ0n) is 9.34. The highest BCUT2D eigenvalue weighted by molar-refractivity contribution is 7.92. The van der Waals surface area contributed by atoms with E-state index in [0.29, 0.717) is 0 Å². The summed E-state index contributed by atoms with van der Waals surface area (Å²) < 4.78 is 51.7. The fourth-order valence-electron chi connectivity index (χ4n) is 1.32. The molecule has 2 aromatic rings. The van der Waals surface area contributed by atoms with Gasteiger partial charge in [-0.1, -0.05) is 0 Å². The highest BCUT2D eigenvalue weighted by Crippen LogP contribution is 2.22. The number of anilines is 1. The second kappa shape index (κ2) is 4.81. The first kappa shape index (κ1) is 13.2. The van der Waals surface area contributed by atoms with Gasteiger partial charge in [-0.15, -0.1) is 0 Å². The summed E-state index contributed by atoms with van der Waals surface area (Å²) in [7, 11) is -4.07. The maximum atomic E-state index is 13.1. The van der Waals surface area contributed by atoms with E-state index in [-0.39, 0.29) is 10.6 Å². The summed E-state index contributed by atoms with van der Waals surface area (Å²) >= 11 is 0. The van der Waals surface area contributed by atoms with Crippen molar-refractivity contribution in [1.82, 2.24) is 4.98 Å². The Morgan fingerprint density at radius 3 is 2.53 bits per heavy atom. The van der Waals surface area contributed by atoms with Crippen molar-refractivity contribution in [2.24, 2.45) is 0 Å². The van der Waals surface area contributed by atoms with E-state index in [1.165, 1.54) is 6.07 Å². The summed E-state index contributed by atoms with van der Waals surface area (Å²) in [6.45, 7) is 0. The number of nitrogens with one attached hydrogen (secondary N) is 1. The second-order valence-corrected chi connectivity index (χ2v) is 5.29. The molecule has 5 nitrogen and oxygen atoms in total. The molecule has 0 spiro atoms. The van der Waals surface area contributed by atoms with Crippen LogP contribution >= 0.6 is 0 Å². The largest absolute Gasteiger partial charge is 0.505 e. The van der Waals surface area contributed by atoms with E-state index in [1.54, 1.807) is 0 Å². The van der Waals surface area contributed by atoms with E-state index < -0.39 is 27.4 Å². The minimum absolute atomic E-state index is 0.0976. The molecule has 0 aliphatic carbocycles. The molecule has 19 heavy (non-hydrogen) atoms. The Bertz CT molecular complexity index is 720. The Morgan fingerprint density at radius 2 is 1.89 bits per heavy atom. The molecule has 0 fully saturated rings. The third-order valence-electron chi connectivity index (χ3n) is 2.19. The standard InChI is InChI=1S/C11H8F2N2O3S/c12-7-3-9(6-14-5-7)19(17,18)15-8-1-2-11(16)10(13)4-8/h1-6,15-16H. The molecule has 0 atom stereocenters. The number of pyridine rings is 1. The van der Waals surface area contributed by atoms with Crippen LogP contribution in [0.4, 0.5) is 14.5 Å². The summed E-state index contributed by atoms with van der Waals surface area (Å²) in [6.07, 6.45) is 1.82. The lowest BCUT2D eigenvalue weighted by atomic mass is 10.3. The van der Waals surface area contributed by atoms with Gasteiger partial charge in [0, 0.05) is 12.3 Å². The van der Waals surface area contributed by atoms with E-state index in [0.717, 1.165) is 30.6 Å². The van der Waals surface area contributed by atoms with Crippen LogP contribution in [0.5, 0.6) is 5.75 Å². The molecular formula is C11H8F2N2O3S.